The van der Waals surface area contributed by atoms with Crippen LogP contribution in [-0.4, -0.2) is 23.2 Å². The molecule has 21 heavy (non-hydrogen) atoms. The van der Waals surface area contributed by atoms with Crippen LogP contribution in [0.2, 0.25) is 0 Å². The van der Waals surface area contributed by atoms with Gasteiger partial charge in [-0.15, -0.1) is 11.8 Å². The van der Waals surface area contributed by atoms with Crippen molar-refractivity contribution >= 4 is 21.9 Å². The number of phenolic OH excluding ortho intramolecular Hbond substituents is 1. The number of hydrogen-bond acceptors (Lipinski definition) is 6. The number of benzene rings is 2. The van der Waals surface area contributed by atoms with Crippen LogP contribution in [0.4, 0.5) is 0 Å². The smallest absolute Gasteiger partial charge is 0.168 e. The van der Waals surface area contributed by atoms with Crippen LogP contribution in [0.15, 0.2) is 53.4 Å². The molecule has 5 nitrogen and oxygen atoms in total. The molecule has 0 aliphatic heterocycles. The Labute approximate surface area is 127 Å². The summed E-state index contributed by atoms with van der Waals surface area (Å²) in [6.45, 7) is 0. The molecule has 1 unspecified atom stereocenters. The zero-order valence-corrected chi connectivity index (χ0v) is 12.5. The van der Waals surface area contributed by atoms with E-state index in [-0.39, 0.29) is 11.3 Å². The van der Waals surface area contributed by atoms with Crippen molar-refractivity contribution in [3.63, 3.8) is 0 Å². The van der Waals surface area contributed by atoms with E-state index in [0.717, 1.165) is 10.5 Å². The van der Waals surface area contributed by atoms with Gasteiger partial charge >= 0.3 is 0 Å². The first kappa shape index (κ1) is 15.8. The largest absolute Gasteiger partial charge is 0.746 e. The fourth-order valence-corrected chi connectivity index (χ4v) is 3.00. The minimum atomic E-state index is -4.75. The number of aromatic hydroxyl groups is 1. The van der Waals surface area contributed by atoms with E-state index >= 15 is 0 Å². The highest BCUT2D eigenvalue weighted by atomic mass is 32.2. The quantitative estimate of drug-likeness (QED) is 0.646. The number of aliphatic hydroxyl groups is 1. The normalized spacial score (nSPS) is 13.0. The van der Waals surface area contributed by atoms with Gasteiger partial charge in [0.25, 0.3) is 0 Å². The fraction of sp³-hybridized carbons (Fsp3) is 0.143. The van der Waals surface area contributed by atoms with Crippen molar-refractivity contribution in [2.24, 2.45) is 0 Å². The van der Waals surface area contributed by atoms with Gasteiger partial charge in [-0.2, -0.15) is 0 Å². The Bertz CT molecular complexity index is 693. The van der Waals surface area contributed by atoms with Gasteiger partial charge in [-0.1, -0.05) is 24.3 Å². The summed E-state index contributed by atoms with van der Waals surface area (Å²) in [4.78, 5) is 0.985. The molecule has 0 aromatic heterocycles. The number of aliphatic hydroxyl groups excluding tert-OH is 1. The summed E-state index contributed by atoms with van der Waals surface area (Å²) in [5.74, 6) is 0.849. The average molecular weight is 325 g/mol. The molecular formula is C14H13O5S2-. The second-order valence-corrected chi connectivity index (χ2v) is 6.85. The maximum atomic E-state index is 10.7. The minimum Gasteiger partial charge on any atom is -0.746 e. The van der Waals surface area contributed by atoms with Gasteiger partial charge in [0.15, 0.2) is 5.44 Å². The lowest BCUT2D eigenvalue weighted by atomic mass is 10.2. The van der Waals surface area contributed by atoms with E-state index in [2.05, 4.69) is 0 Å². The van der Waals surface area contributed by atoms with E-state index in [4.69, 9.17) is 0 Å². The molecule has 0 aliphatic rings. The third-order valence-corrected chi connectivity index (χ3v) is 4.68. The maximum Gasteiger partial charge on any atom is 0.168 e. The Morgan fingerprint density at radius 1 is 1.05 bits per heavy atom. The Morgan fingerprint density at radius 2 is 1.62 bits per heavy atom. The van der Waals surface area contributed by atoms with Gasteiger partial charge in [0, 0.05) is 10.6 Å². The Hall–Kier alpha value is -1.54. The zero-order valence-electron chi connectivity index (χ0n) is 10.8. The number of thioether (sulfide) groups is 1. The van der Waals surface area contributed by atoms with Crippen LogP contribution in [0.5, 0.6) is 5.75 Å². The molecule has 0 fully saturated rings. The molecule has 112 valence electrons. The summed E-state index contributed by atoms with van der Waals surface area (Å²) in [7, 11) is -4.75. The van der Waals surface area contributed by atoms with Crippen molar-refractivity contribution < 1.29 is 23.2 Å². The molecule has 0 aliphatic carbocycles. The van der Waals surface area contributed by atoms with Crippen molar-refractivity contribution in [3.05, 3.63) is 59.7 Å². The van der Waals surface area contributed by atoms with Crippen LogP contribution in [0.25, 0.3) is 0 Å². The Kier molecular flexibility index (Phi) is 4.89. The van der Waals surface area contributed by atoms with Crippen LogP contribution in [0.3, 0.4) is 0 Å². The second kappa shape index (κ2) is 6.48. The summed E-state index contributed by atoms with van der Waals surface area (Å²) in [5.41, 5.74) is -1.05. The highest BCUT2D eigenvalue weighted by Crippen LogP contribution is 2.25. The molecule has 0 amide bonds. The second-order valence-electron chi connectivity index (χ2n) is 4.37. The Balaban J connectivity index is 2.01. The van der Waals surface area contributed by atoms with Crippen molar-refractivity contribution in [3.8, 4) is 5.75 Å². The van der Waals surface area contributed by atoms with Crippen LogP contribution in [0.1, 0.15) is 16.6 Å². The number of phenols is 1. The summed E-state index contributed by atoms with van der Waals surface area (Å²) < 4.78 is 32.2. The minimum absolute atomic E-state index is 0.0587. The van der Waals surface area contributed by atoms with Gasteiger partial charge in [-0.25, -0.2) is 8.42 Å². The van der Waals surface area contributed by atoms with Gasteiger partial charge in [0.1, 0.15) is 15.9 Å². The molecule has 1 atom stereocenters. The lowest BCUT2D eigenvalue weighted by Gasteiger charge is -2.15. The van der Waals surface area contributed by atoms with E-state index < -0.39 is 15.6 Å². The third kappa shape index (κ3) is 4.47. The average Bonchev–Trinajstić information content (AvgIpc) is 2.45. The number of hydrogen-bond donors (Lipinski definition) is 2. The highest BCUT2D eigenvalue weighted by molar-refractivity contribution is 7.98. The molecular weight excluding hydrogens is 312 g/mol. The van der Waals surface area contributed by atoms with E-state index in [1.54, 1.807) is 48.2 Å². The van der Waals surface area contributed by atoms with Crippen molar-refractivity contribution in [2.75, 3.05) is 0 Å². The molecule has 2 rings (SSSR count). The molecule has 0 spiro atoms. The van der Waals surface area contributed by atoms with Crippen molar-refractivity contribution in [1.82, 2.24) is 0 Å². The zero-order chi connectivity index (χ0) is 15.5. The first-order valence-electron chi connectivity index (χ1n) is 6.00. The first-order chi connectivity index (χ1) is 9.86. The molecule has 2 aromatic carbocycles. The summed E-state index contributed by atoms with van der Waals surface area (Å²) in [6, 6.07) is 13.0. The monoisotopic (exact) mass is 325 g/mol. The van der Waals surface area contributed by atoms with Crippen LogP contribution in [-0.2, 0) is 15.9 Å². The summed E-state index contributed by atoms with van der Waals surface area (Å²) in [5, 5.41) is 18.5. The standard InChI is InChI=1S/C14H14O5S2/c15-12-5-7-13(8-6-12)20-9-10-1-3-11(4-2-10)14(16)21(17,18)19/h1-8,14-16H,9H2,(H,17,18,19)/p-1. The third-order valence-electron chi connectivity index (χ3n) is 2.78. The predicted octanol–water partition coefficient (Wildman–Crippen LogP) is 2.22. The van der Waals surface area contributed by atoms with E-state index in [1.807, 2.05) is 0 Å². The summed E-state index contributed by atoms with van der Waals surface area (Å²) >= 11 is 1.55. The van der Waals surface area contributed by atoms with Gasteiger partial charge < -0.3 is 14.8 Å². The lowest BCUT2D eigenvalue weighted by Crippen LogP contribution is -2.11. The van der Waals surface area contributed by atoms with Gasteiger partial charge in [0.05, 0.1) is 0 Å². The van der Waals surface area contributed by atoms with Crippen LogP contribution >= 0.6 is 11.8 Å². The van der Waals surface area contributed by atoms with Gasteiger partial charge in [-0.3, -0.25) is 0 Å². The van der Waals surface area contributed by atoms with E-state index in [0.29, 0.717) is 5.75 Å². The van der Waals surface area contributed by atoms with Gasteiger partial charge in [0.2, 0.25) is 0 Å². The molecule has 7 heteroatoms. The topological polar surface area (TPSA) is 97.7 Å². The molecule has 2 N–H and O–H groups in total. The van der Waals surface area contributed by atoms with Crippen LogP contribution in [0, 0.1) is 0 Å². The molecule has 2 aromatic rings. The predicted molar refractivity (Wildman–Crippen MR) is 78.8 cm³/mol. The Morgan fingerprint density at radius 3 is 2.14 bits per heavy atom. The van der Waals surface area contributed by atoms with E-state index in [9.17, 15) is 23.2 Å². The molecule has 0 heterocycles. The number of rotatable bonds is 5. The van der Waals surface area contributed by atoms with Crippen molar-refractivity contribution in [1.29, 1.82) is 0 Å². The highest BCUT2D eigenvalue weighted by Gasteiger charge is 2.14. The maximum absolute atomic E-state index is 10.7. The van der Waals surface area contributed by atoms with Crippen molar-refractivity contribution in [2.45, 2.75) is 16.1 Å². The molecule has 0 bridgehead atoms. The molecule has 0 saturated carbocycles. The summed E-state index contributed by atoms with van der Waals surface area (Å²) in [6.07, 6.45) is 0. The molecule has 0 radical (unpaired) electrons. The first-order valence-corrected chi connectivity index (χ1v) is 8.45. The SMILES string of the molecule is O=S(=O)([O-])C(O)c1ccc(CSc2ccc(O)cc2)cc1. The van der Waals surface area contributed by atoms with Gasteiger partial charge in [-0.05, 0) is 35.4 Å². The van der Waals surface area contributed by atoms with Crippen LogP contribution < -0.4 is 0 Å². The molecule has 0 saturated heterocycles. The van der Waals surface area contributed by atoms with E-state index in [1.165, 1.54) is 12.1 Å². The fourth-order valence-electron chi connectivity index (χ4n) is 1.65. The lowest BCUT2D eigenvalue weighted by molar-refractivity contribution is 0.236.